The van der Waals surface area contributed by atoms with Gasteiger partial charge in [-0.2, -0.15) is 0 Å². The second kappa shape index (κ2) is 8.41. The number of imidazole rings is 1. The highest BCUT2D eigenvalue weighted by Gasteiger charge is 2.30. The van der Waals surface area contributed by atoms with Crippen LogP contribution in [0.15, 0.2) is 66.0 Å². The number of H-pyrrole nitrogens is 2. The number of rotatable bonds is 6. The Morgan fingerprint density at radius 2 is 1.85 bits per heavy atom. The molecule has 3 aromatic heterocycles. The number of thiophene rings is 1. The van der Waals surface area contributed by atoms with Crippen LogP contribution in [-0.2, 0) is 4.79 Å². The van der Waals surface area contributed by atoms with Crippen LogP contribution in [0.5, 0.6) is 0 Å². The number of nitrogens with two attached hydrogens (primary N) is 1. The van der Waals surface area contributed by atoms with Gasteiger partial charge in [0.15, 0.2) is 12.1 Å². The number of benzene rings is 2. The molecule has 166 valence electrons. The van der Waals surface area contributed by atoms with E-state index in [9.17, 15) is 14.7 Å². The zero-order chi connectivity index (χ0) is 22.9. The standard InChI is InChI=1S/C23H20N6O3S/c24-23-27-14-7-6-13(10-16(14)28-23)25-22(32)20(30)19(12-4-2-1-3-5-12)29-21(31)17-11-18-15(26-17)8-9-33-18/h1-11,19-20,26,30H,(H,25,32)(H,29,31)(H3,24,27,28). The summed E-state index contributed by atoms with van der Waals surface area (Å²) in [7, 11) is 0. The lowest BCUT2D eigenvalue weighted by Gasteiger charge is -2.24. The molecule has 2 unspecified atom stereocenters. The number of aliphatic hydroxyl groups excluding tert-OH is 1. The summed E-state index contributed by atoms with van der Waals surface area (Å²) < 4.78 is 0.949. The summed E-state index contributed by atoms with van der Waals surface area (Å²) in [5.74, 6) is -0.818. The van der Waals surface area contributed by atoms with Gasteiger partial charge in [0.05, 0.1) is 27.3 Å². The minimum Gasteiger partial charge on any atom is -0.381 e. The van der Waals surface area contributed by atoms with Crippen molar-refractivity contribution in [3.8, 4) is 0 Å². The molecule has 5 aromatic rings. The van der Waals surface area contributed by atoms with Crippen LogP contribution in [0.2, 0.25) is 0 Å². The van der Waals surface area contributed by atoms with Crippen molar-refractivity contribution < 1.29 is 14.7 Å². The first-order chi connectivity index (χ1) is 16.0. The van der Waals surface area contributed by atoms with Gasteiger partial charge in [0.2, 0.25) is 0 Å². The number of amides is 2. The number of aliphatic hydroxyl groups is 1. The second-order valence-corrected chi connectivity index (χ2v) is 8.48. The van der Waals surface area contributed by atoms with E-state index in [4.69, 9.17) is 5.73 Å². The smallest absolute Gasteiger partial charge is 0.268 e. The SMILES string of the molecule is Nc1nc2ccc(NC(=O)C(O)C(NC(=O)c3cc4sccc4[nH]3)c3ccccc3)cc2[nH]1. The number of nitrogens with zero attached hydrogens (tertiary/aromatic N) is 1. The normalized spacial score (nSPS) is 13.1. The van der Waals surface area contributed by atoms with Gasteiger partial charge in [-0.15, -0.1) is 11.3 Å². The molecule has 3 heterocycles. The number of nitrogen functional groups attached to an aromatic ring is 1. The number of hydrogen-bond acceptors (Lipinski definition) is 6. The summed E-state index contributed by atoms with van der Waals surface area (Å²) in [6, 6.07) is 16.6. The lowest BCUT2D eigenvalue weighted by atomic mass is 10.0. The third-order valence-electron chi connectivity index (χ3n) is 5.28. The molecule has 9 nitrogen and oxygen atoms in total. The van der Waals surface area contributed by atoms with Gasteiger partial charge in [0, 0.05) is 5.69 Å². The second-order valence-electron chi connectivity index (χ2n) is 7.53. The van der Waals surface area contributed by atoms with E-state index in [1.54, 1.807) is 48.5 Å². The fraction of sp³-hybridized carbons (Fsp3) is 0.0870. The van der Waals surface area contributed by atoms with Crippen molar-refractivity contribution in [2.24, 2.45) is 0 Å². The molecule has 0 aliphatic carbocycles. The summed E-state index contributed by atoms with van der Waals surface area (Å²) >= 11 is 1.52. The molecular formula is C23H20N6O3S. The van der Waals surface area contributed by atoms with Crippen molar-refractivity contribution >= 4 is 56.0 Å². The molecule has 0 aliphatic rings. The predicted molar refractivity (Wildman–Crippen MR) is 128 cm³/mol. The molecule has 0 fully saturated rings. The van der Waals surface area contributed by atoms with Crippen LogP contribution in [0, 0.1) is 0 Å². The molecule has 0 spiro atoms. The first-order valence-electron chi connectivity index (χ1n) is 10.1. The first kappa shape index (κ1) is 20.7. The summed E-state index contributed by atoms with van der Waals surface area (Å²) in [4.78, 5) is 35.9. The third kappa shape index (κ3) is 4.16. The van der Waals surface area contributed by atoms with Crippen molar-refractivity contribution in [2.45, 2.75) is 12.1 Å². The average Bonchev–Trinajstić information content (AvgIpc) is 3.51. The Balaban J connectivity index is 1.38. The maximum absolute atomic E-state index is 12.9. The Bertz CT molecular complexity index is 1430. The Morgan fingerprint density at radius 1 is 1.03 bits per heavy atom. The minimum absolute atomic E-state index is 0.268. The van der Waals surface area contributed by atoms with E-state index in [-0.39, 0.29) is 5.95 Å². The fourth-order valence-corrected chi connectivity index (χ4v) is 4.45. The lowest BCUT2D eigenvalue weighted by Crippen LogP contribution is -2.42. The highest BCUT2D eigenvalue weighted by atomic mass is 32.1. The number of aromatic amines is 2. The maximum Gasteiger partial charge on any atom is 0.268 e. The van der Waals surface area contributed by atoms with E-state index in [1.165, 1.54) is 11.3 Å². The molecule has 33 heavy (non-hydrogen) atoms. The summed E-state index contributed by atoms with van der Waals surface area (Å²) in [6.07, 6.45) is -1.55. The molecule has 0 bridgehead atoms. The topological polar surface area (TPSA) is 149 Å². The van der Waals surface area contributed by atoms with Gasteiger partial charge in [0.1, 0.15) is 5.69 Å². The Kier molecular flexibility index (Phi) is 5.29. The average molecular weight is 461 g/mol. The largest absolute Gasteiger partial charge is 0.381 e. The molecular weight excluding hydrogens is 440 g/mol. The Hall–Kier alpha value is -4.15. The molecule has 0 aliphatic heterocycles. The van der Waals surface area contributed by atoms with E-state index in [0.717, 1.165) is 10.2 Å². The molecule has 5 rings (SSSR count). The molecule has 0 saturated carbocycles. The number of carbonyl (C=O) groups excluding carboxylic acids is 2. The van der Waals surface area contributed by atoms with E-state index in [0.29, 0.717) is 28.0 Å². The van der Waals surface area contributed by atoms with Crippen molar-refractivity contribution in [1.82, 2.24) is 20.3 Å². The Labute approximate surface area is 191 Å². The van der Waals surface area contributed by atoms with Crippen LogP contribution in [0.4, 0.5) is 11.6 Å². The van der Waals surface area contributed by atoms with E-state index in [1.807, 2.05) is 17.5 Å². The zero-order valence-electron chi connectivity index (χ0n) is 17.2. The number of carbonyl (C=O) groups is 2. The molecule has 0 saturated heterocycles. The number of nitrogens with one attached hydrogen (secondary N) is 4. The Morgan fingerprint density at radius 3 is 2.64 bits per heavy atom. The van der Waals surface area contributed by atoms with Crippen molar-refractivity contribution in [3.05, 3.63) is 77.3 Å². The number of aromatic nitrogens is 3. The number of anilines is 2. The number of fused-ring (bicyclic) bond motifs is 2. The maximum atomic E-state index is 12.9. The molecule has 2 atom stereocenters. The molecule has 2 aromatic carbocycles. The summed E-state index contributed by atoms with van der Waals surface area (Å²) in [6.45, 7) is 0. The van der Waals surface area contributed by atoms with Crippen LogP contribution in [0.3, 0.4) is 0 Å². The van der Waals surface area contributed by atoms with Crippen LogP contribution in [0.1, 0.15) is 22.1 Å². The fourth-order valence-electron chi connectivity index (χ4n) is 3.67. The van der Waals surface area contributed by atoms with Crippen LogP contribution in [-0.4, -0.2) is 38.0 Å². The van der Waals surface area contributed by atoms with Gasteiger partial charge in [0.25, 0.3) is 11.8 Å². The molecule has 2 amide bonds. The van der Waals surface area contributed by atoms with Crippen molar-refractivity contribution in [1.29, 1.82) is 0 Å². The summed E-state index contributed by atoms with van der Waals surface area (Å²) in [5.41, 5.74) is 9.24. The van der Waals surface area contributed by atoms with Crippen LogP contribution >= 0.6 is 11.3 Å². The van der Waals surface area contributed by atoms with Crippen molar-refractivity contribution in [2.75, 3.05) is 11.1 Å². The van der Waals surface area contributed by atoms with Crippen LogP contribution in [0.25, 0.3) is 21.3 Å². The lowest BCUT2D eigenvalue weighted by molar-refractivity contribution is -0.125. The number of hydrogen-bond donors (Lipinski definition) is 6. The van der Waals surface area contributed by atoms with Gasteiger partial charge >= 0.3 is 0 Å². The van der Waals surface area contributed by atoms with Gasteiger partial charge in [-0.3, -0.25) is 9.59 Å². The minimum atomic E-state index is -1.55. The highest BCUT2D eigenvalue weighted by molar-refractivity contribution is 7.17. The molecule has 7 N–H and O–H groups in total. The third-order valence-corrected chi connectivity index (χ3v) is 6.15. The molecule has 0 radical (unpaired) electrons. The van der Waals surface area contributed by atoms with Gasteiger partial charge in [-0.25, -0.2) is 4.98 Å². The zero-order valence-corrected chi connectivity index (χ0v) is 18.0. The van der Waals surface area contributed by atoms with Gasteiger partial charge < -0.3 is 31.4 Å². The van der Waals surface area contributed by atoms with E-state index in [2.05, 4.69) is 25.6 Å². The van der Waals surface area contributed by atoms with Gasteiger partial charge in [-0.05, 0) is 41.3 Å². The monoisotopic (exact) mass is 460 g/mol. The molecule has 10 heteroatoms. The van der Waals surface area contributed by atoms with Crippen LogP contribution < -0.4 is 16.4 Å². The summed E-state index contributed by atoms with van der Waals surface area (Å²) in [5, 5.41) is 18.3. The van der Waals surface area contributed by atoms with E-state index >= 15 is 0 Å². The van der Waals surface area contributed by atoms with Gasteiger partial charge in [-0.1, -0.05) is 30.3 Å². The first-order valence-corrected chi connectivity index (χ1v) is 11.0. The van der Waals surface area contributed by atoms with E-state index < -0.39 is 24.0 Å². The quantitative estimate of drug-likeness (QED) is 0.230. The predicted octanol–water partition coefficient (Wildman–Crippen LogP) is 3.16. The van der Waals surface area contributed by atoms with Crippen molar-refractivity contribution in [3.63, 3.8) is 0 Å². The highest BCUT2D eigenvalue weighted by Crippen LogP contribution is 2.24.